The predicted octanol–water partition coefficient (Wildman–Crippen LogP) is 4.02. The van der Waals surface area contributed by atoms with E-state index in [1.165, 1.54) is 18.2 Å². The van der Waals surface area contributed by atoms with E-state index in [1.807, 2.05) is 30.3 Å². The number of ether oxygens (including phenoxy) is 1. The van der Waals surface area contributed by atoms with Crippen molar-refractivity contribution in [1.82, 2.24) is 0 Å². The average molecular weight is 308 g/mol. The fourth-order valence-corrected chi connectivity index (χ4v) is 2.36. The Labute approximate surface area is 132 Å². The van der Waals surface area contributed by atoms with Crippen molar-refractivity contribution in [1.29, 1.82) is 0 Å². The number of rotatable bonds is 4. The molecule has 23 heavy (non-hydrogen) atoms. The fraction of sp³-hybridized carbons (Fsp3) is 0.0526. The predicted molar refractivity (Wildman–Crippen MR) is 85.0 cm³/mol. The Kier molecular flexibility index (Phi) is 4.15. The molecular formula is C19H13FO3. The van der Waals surface area contributed by atoms with Gasteiger partial charge in [-0.25, -0.2) is 9.18 Å². The van der Waals surface area contributed by atoms with Crippen LogP contribution in [0, 0.1) is 5.82 Å². The highest BCUT2D eigenvalue weighted by molar-refractivity contribution is 6.05. The van der Waals surface area contributed by atoms with E-state index in [0.29, 0.717) is 5.56 Å². The SMILES string of the molecule is O=C(COC(=O)c1cccc2ccccc12)c1cccc(F)c1. The lowest BCUT2D eigenvalue weighted by molar-refractivity contribution is 0.0476. The Balaban J connectivity index is 1.75. The molecule has 0 bridgehead atoms. The van der Waals surface area contributed by atoms with Crippen molar-refractivity contribution in [2.24, 2.45) is 0 Å². The summed E-state index contributed by atoms with van der Waals surface area (Å²) in [5.41, 5.74) is 0.575. The minimum atomic E-state index is -0.577. The van der Waals surface area contributed by atoms with Crippen LogP contribution in [0.4, 0.5) is 4.39 Å². The topological polar surface area (TPSA) is 43.4 Å². The minimum Gasteiger partial charge on any atom is -0.454 e. The van der Waals surface area contributed by atoms with Crippen LogP contribution in [0.25, 0.3) is 10.8 Å². The Morgan fingerprint density at radius 2 is 1.65 bits per heavy atom. The largest absolute Gasteiger partial charge is 0.454 e. The molecule has 0 saturated carbocycles. The van der Waals surface area contributed by atoms with Crippen LogP contribution in [-0.4, -0.2) is 18.4 Å². The van der Waals surface area contributed by atoms with Gasteiger partial charge in [0.15, 0.2) is 12.4 Å². The monoisotopic (exact) mass is 308 g/mol. The summed E-state index contributed by atoms with van der Waals surface area (Å²) in [4.78, 5) is 24.2. The van der Waals surface area contributed by atoms with Crippen molar-refractivity contribution in [2.45, 2.75) is 0 Å². The first-order valence-electron chi connectivity index (χ1n) is 7.09. The molecule has 0 aromatic heterocycles. The van der Waals surface area contributed by atoms with Gasteiger partial charge < -0.3 is 4.74 Å². The molecule has 0 saturated heterocycles. The number of fused-ring (bicyclic) bond motifs is 1. The van der Waals surface area contributed by atoms with Crippen molar-refractivity contribution in [3.8, 4) is 0 Å². The summed E-state index contributed by atoms with van der Waals surface area (Å²) in [7, 11) is 0. The highest BCUT2D eigenvalue weighted by Gasteiger charge is 2.14. The average Bonchev–Trinajstić information content (AvgIpc) is 2.59. The summed E-state index contributed by atoms with van der Waals surface area (Å²) in [5, 5.41) is 1.68. The maximum absolute atomic E-state index is 13.1. The Bertz CT molecular complexity index is 881. The molecule has 0 aliphatic rings. The van der Waals surface area contributed by atoms with E-state index in [1.54, 1.807) is 12.1 Å². The van der Waals surface area contributed by atoms with Crippen LogP contribution in [0.15, 0.2) is 66.7 Å². The molecule has 0 aliphatic heterocycles. The van der Waals surface area contributed by atoms with E-state index in [0.717, 1.165) is 16.8 Å². The number of hydrogen-bond acceptors (Lipinski definition) is 3. The van der Waals surface area contributed by atoms with Crippen LogP contribution in [0.1, 0.15) is 20.7 Å². The second kappa shape index (κ2) is 6.40. The summed E-state index contributed by atoms with van der Waals surface area (Å²) in [5.74, 6) is -1.53. The highest BCUT2D eigenvalue weighted by Crippen LogP contribution is 2.19. The molecule has 0 amide bonds. The zero-order chi connectivity index (χ0) is 16.2. The number of carbonyl (C=O) groups is 2. The lowest BCUT2D eigenvalue weighted by Crippen LogP contribution is -2.14. The van der Waals surface area contributed by atoms with Gasteiger partial charge in [-0.1, -0.05) is 48.5 Å². The number of esters is 1. The molecule has 3 nitrogen and oxygen atoms in total. The minimum absolute atomic E-state index is 0.177. The molecule has 0 N–H and O–H groups in total. The number of halogens is 1. The van der Waals surface area contributed by atoms with Gasteiger partial charge in [-0.3, -0.25) is 4.79 Å². The molecule has 3 aromatic rings. The molecule has 0 unspecified atom stereocenters. The first kappa shape index (κ1) is 14.9. The first-order chi connectivity index (χ1) is 11.1. The van der Waals surface area contributed by atoms with Crippen LogP contribution >= 0.6 is 0 Å². The van der Waals surface area contributed by atoms with Gasteiger partial charge in [0.25, 0.3) is 0 Å². The van der Waals surface area contributed by atoms with Gasteiger partial charge in [0.1, 0.15) is 5.82 Å². The summed E-state index contributed by atoms with van der Waals surface area (Å²) >= 11 is 0. The molecule has 0 heterocycles. The zero-order valence-electron chi connectivity index (χ0n) is 12.2. The normalized spacial score (nSPS) is 10.5. The Morgan fingerprint density at radius 3 is 2.48 bits per heavy atom. The third kappa shape index (κ3) is 3.26. The van der Waals surface area contributed by atoms with E-state index in [-0.39, 0.29) is 5.56 Å². The molecule has 0 atom stereocenters. The van der Waals surface area contributed by atoms with Crippen molar-refractivity contribution < 1.29 is 18.7 Å². The van der Waals surface area contributed by atoms with Gasteiger partial charge in [0.05, 0.1) is 5.56 Å². The smallest absolute Gasteiger partial charge is 0.339 e. The van der Waals surface area contributed by atoms with Gasteiger partial charge in [0, 0.05) is 5.56 Å². The summed E-state index contributed by atoms with van der Waals surface area (Å²) < 4.78 is 18.2. The van der Waals surface area contributed by atoms with Crippen LogP contribution in [0.2, 0.25) is 0 Å². The molecule has 114 valence electrons. The summed E-state index contributed by atoms with van der Waals surface area (Å²) in [6, 6.07) is 18.0. The number of benzene rings is 3. The van der Waals surface area contributed by atoms with Crippen LogP contribution < -0.4 is 0 Å². The Morgan fingerprint density at radius 1 is 0.913 bits per heavy atom. The molecule has 3 rings (SSSR count). The molecular weight excluding hydrogens is 295 g/mol. The van der Waals surface area contributed by atoms with Gasteiger partial charge in [0.2, 0.25) is 0 Å². The molecule has 0 aliphatic carbocycles. The van der Waals surface area contributed by atoms with E-state index < -0.39 is 24.2 Å². The van der Waals surface area contributed by atoms with Crippen molar-refractivity contribution in [3.63, 3.8) is 0 Å². The standard InChI is InChI=1S/C19H13FO3/c20-15-8-3-7-14(11-15)18(21)12-23-19(22)17-10-4-6-13-5-1-2-9-16(13)17/h1-11H,12H2. The van der Waals surface area contributed by atoms with Crippen molar-refractivity contribution in [2.75, 3.05) is 6.61 Å². The highest BCUT2D eigenvalue weighted by atomic mass is 19.1. The van der Waals surface area contributed by atoms with Crippen molar-refractivity contribution in [3.05, 3.63) is 83.7 Å². The number of ketones is 1. The zero-order valence-corrected chi connectivity index (χ0v) is 12.2. The molecule has 0 spiro atoms. The van der Waals surface area contributed by atoms with Crippen molar-refractivity contribution >= 4 is 22.5 Å². The summed E-state index contributed by atoms with van der Waals surface area (Å²) in [6.07, 6.45) is 0. The first-order valence-corrected chi connectivity index (χ1v) is 7.09. The quantitative estimate of drug-likeness (QED) is 0.540. The number of Topliss-reactive ketones (excluding diaryl/α,β-unsaturated/α-hetero) is 1. The van der Waals surface area contributed by atoms with Gasteiger partial charge >= 0.3 is 5.97 Å². The molecule has 0 fully saturated rings. The fourth-order valence-electron chi connectivity index (χ4n) is 2.36. The number of carbonyl (C=O) groups excluding carboxylic acids is 2. The summed E-state index contributed by atoms with van der Waals surface area (Å²) in [6.45, 7) is -0.425. The lowest BCUT2D eigenvalue weighted by atomic mass is 10.0. The van der Waals surface area contributed by atoms with E-state index in [9.17, 15) is 14.0 Å². The number of hydrogen-bond donors (Lipinski definition) is 0. The third-order valence-corrected chi connectivity index (χ3v) is 3.49. The molecule has 4 heteroatoms. The van der Waals surface area contributed by atoms with E-state index >= 15 is 0 Å². The van der Waals surface area contributed by atoms with Gasteiger partial charge in [-0.05, 0) is 29.0 Å². The van der Waals surface area contributed by atoms with Gasteiger partial charge in [-0.15, -0.1) is 0 Å². The molecule has 3 aromatic carbocycles. The maximum Gasteiger partial charge on any atom is 0.339 e. The second-order valence-electron chi connectivity index (χ2n) is 5.04. The Hall–Kier alpha value is -3.01. The van der Waals surface area contributed by atoms with Crippen LogP contribution in [-0.2, 0) is 4.74 Å². The van der Waals surface area contributed by atoms with Crippen LogP contribution in [0.3, 0.4) is 0 Å². The second-order valence-corrected chi connectivity index (χ2v) is 5.04. The van der Waals surface area contributed by atoms with E-state index in [4.69, 9.17) is 4.74 Å². The maximum atomic E-state index is 13.1. The van der Waals surface area contributed by atoms with Crippen LogP contribution in [0.5, 0.6) is 0 Å². The third-order valence-electron chi connectivity index (χ3n) is 3.49. The van der Waals surface area contributed by atoms with Gasteiger partial charge in [-0.2, -0.15) is 0 Å². The van der Waals surface area contributed by atoms with E-state index in [2.05, 4.69) is 0 Å². The lowest BCUT2D eigenvalue weighted by Gasteiger charge is -2.07. The molecule has 0 radical (unpaired) electrons.